The van der Waals surface area contributed by atoms with E-state index >= 15 is 0 Å². The van der Waals surface area contributed by atoms with Crippen LogP contribution in [-0.2, 0) is 19.5 Å². The number of carbonyl (C=O) groups is 1. The number of aryl methyl sites for hydroxylation is 3. The van der Waals surface area contributed by atoms with Crippen LogP contribution in [0.3, 0.4) is 0 Å². The van der Waals surface area contributed by atoms with Gasteiger partial charge in [-0.2, -0.15) is 5.10 Å². The third-order valence-corrected chi connectivity index (χ3v) is 4.80. The van der Waals surface area contributed by atoms with E-state index in [0.717, 1.165) is 47.4 Å². The molecule has 0 spiro atoms. The van der Waals surface area contributed by atoms with Gasteiger partial charge in [0.2, 0.25) is 0 Å². The number of fused-ring (bicyclic) bond motifs is 1. The molecule has 0 radical (unpaired) electrons. The molecule has 2 heterocycles. The summed E-state index contributed by atoms with van der Waals surface area (Å²) >= 11 is 3.39. The lowest BCUT2D eigenvalue weighted by Gasteiger charge is -2.10. The SMILES string of the molecule is Cc1ccc(Br)cc1NC(=O)NCCCn1nc2n(c1=O)CCCC2. The van der Waals surface area contributed by atoms with Crippen molar-refractivity contribution < 1.29 is 4.79 Å². The van der Waals surface area contributed by atoms with Crippen molar-refractivity contribution in [1.29, 1.82) is 0 Å². The number of amides is 2. The first-order valence-corrected chi connectivity index (χ1v) is 9.31. The van der Waals surface area contributed by atoms with Gasteiger partial charge in [-0.3, -0.25) is 4.57 Å². The van der Waals surface area contributed by atoms with Crippen molar-refractivity contribution in [3.63, 3.8) is 0 Å². The van der Waals surface area contributed by atoms with Gasteiger partial charge in [0.15, 0.2) is 0 Å². The summed E-state index contributed by atoms with van der Waals surface area (Å²) in [5, 5.41) is 10.0. The summed E-state index contributed by atoms with van der Waals surface area (Å²) in [4.78, 5) is 24.2. The van der Waals surface area contributed by atoms with Crippen LogP contribution >= 0.6 is 15.9 Å². The molecule has 0 atom stereocenters. The van der Waals surface area contributed by atoms with Gasteiger partial charge >= 0.3 is 11.7 Å². The van der Waals surface area contributed by atoms with Crippen molar-refractivity contribution in [3.05, 3.63) is 44.5 Å². The Bertz CT molecular complexity index is 827. The van der Waals surface area contributed by atoms with Gasteiger partial charge in [0, 0.05) is 36.2 Å². The Kier molecular flexibility index (Phi) is 5.57. The molecule has 134 valence electrons. The van der Waals surface area contributed by atoms with Crippen LogP contribution in [-0.4, -0.2) is 26.9 Å². The Morgan fingerprint density at radius 2 is 2.20 bits per heavy atom. The highest BCUT2D eigenvalue weighted by Crippen LogP contribution is 2.20. The molecule has 0 saturated carbocycles. The number of halogens is 1. The van der Waals surface area contributed by atoms with Crippen LogP contribution in [0.1, 0.15) is 30.7 Å². The Hall–Kier alpha value is -2.09. The molecule has 2 amide bonds. The smallest absolute Gasteiger partial charge is 0.338 e. The number of urea groups is 1. The summed E-state index contributed by atoms with van der Waals surface area (Å²) in [5.74, 6) is 0.882. The van der Waals surface area contributed by atoms with Crippen LogP contribution < -0.4 is 16.3 Å². The summed E-state index contributed by atoms with van der Waals surface area (Å²) in [6.07, 6.45) is 3.65. The molecule has 2 aromatic rings. The van der Waals surface area contributed by atoms with Gasteiger partial charge in [-0.25, -0.2) is 14.3 Å². The number of benzene rings is 1. The Morgan fingerprint density at radius 1 is 1.36 bits per heavy atom. The van der Waals surface area contributed by atoms with Gasteiger partial charge in [-0.15, -0.1) is 0 Å². The van der Waals surface area contributed by atoms with Crippen molar-refractivity contribution in [3.8, 4) is 0 Å². The first-order valence-electron chi connectivity index (χ1n) is 8.52. The van der Waals surface area contributed by atoms with E-state index in [0.29, 0.717) is 19.5 Å². The quantitative estimate of drug-likeness (QED) is 0.747. The fourth-order valence-electron chi connectivity index (χ4n) is 2.92. The van der Waals surface area contributed by atoms with E-state index in [-0.39, 0.29) is 11.7 Å². The fourth-order valence-corrected chi connectivity index (χ4v) is 3.28. The van der Waals surface area contributed by atoms with E-state index in [1.54, 1.807) is 4.57 Å². The second-order valence-corrected chi connectivity index (χ2v) is 7.14. The summed E-state index contributed by atoms with van der Waals surface area (Å²) < 4.78 is 4.19. The van der Waals surface area contributed by atoms with Crippen LogP contribution in [0.2, 0.25) is 0 Å². The van der Waals surface area contributed by atoms with Gasteiger partial charge in [-0.05, 0) is 43.9 Å². The number of hydrogen-bond donors (Lipinski definition) is 2. The second-order valence-electron chi connectivity index (χ2n) is 6.22. The predicted octanol–water partition coefficient (Wildman–Crippen LogP) is 2.66. The zero-order valence-corrected chi connectivity index (χ0v) is 15.8. The fraction of sp³-hybridized carbons (Fsp3) is 0.471. The van der Waals surface area contributed by atoms with E-state index in [4.69, 9.17) is 0 Å². The van der Waals surface area contributed by atoms with E-state index in [1.807, 2.05) is 25.1 Å². The van der Waals surface area contributed by atoms with Crippen molar-refractivity contribution in [2.75, 3.05) is 11.9 Å². The van der Waals surface area contributed by atoms with Gasteiger partial charge < -0.3 is 10.6 Å². The molecule has 0 fully saturated rings. The molecule has 7 nitrogen and oxygen atoms in total. The average Bonchev–Trinajstić information content (AvgIpc) is 2.91. The van der Waals surface area contributed by atoms with Crippen molar-refractivity contribution in [2.45, 2.75) is 45.7 Å². The number of carbonyl (C=O) groups excluding carboxylic acids is 1. The predicted molar refractivity (Wildman–Crippen MR) is 99.9 cm³/mol. The van der Waals surface area contributed by atoms with Gasteiger partial charge in [-0.1, -0.05) is 22.0 Å². The van der Waals surface area contributed by atoms with E-state index < -0.39 is 0 Å². The van der Waals surface area contributed by atoms with Gasteiger partial charge in [0.25, 0.3) is 0 Å². The topological polar surface area (TPSA) is 81.0 Å². The minimum Gasteiger partial charge on any atom is -0.338 e. The lowest BCUT2D eigenvalue weighted by molar-refractivity contribution is 0.251. The van der Waals surface area contributed by atoms with Crippen LogP contribution in [0.4, 0.5) is 10.5 Å². The molecule has 8 heteroatoms. The molecule has 0 saturated heterocycles. The van der Waals surface area contributed by atoms with E-state index in [1.165, 1.54) is 4.68 Å². The maximum atomic E-state index is 12.2. The first kappa shape index (κ1) is 17.7. The van der Waals surface area contributed by atoms with Crippen LogP contribution in [0.15, 0.2) is 27.5 Å². The lowest BCUT2D eigenvalue weighted by Crippen LogP contribution is -2.31. The van der Waals surface area contributed by atoms with Crippen molar-refractivity contribution in [1.82, 2.24) is 19.7 Å². The molecule has 0 bridgehead atoms. The van der Waals surface area contributed by atoms with Crippen molar-refractivity contribution in [2.24, 2.45) is 0 Å². The average molecular weight is 408 g/mol. The minimum absolute atomic E-state index is 0.0380. The molecule has 1 aromatic heterocycles. The molecule has 2 N–H and O–H groups in total. The molecule has 1 aromatic carbocycles. The van der Waals surface area contributed by atoms with Crippen molar-refractivity contribution >= 4 is 27.6 Å². The number of nitrogens with zero attached hydrogens (tertiary/aromatic N) is 3. The number of anilines is 1. The number of rotatable bonds is 5. The Morgan fingerprint density at radius 3 is 3.00 bits per heavy atom. The molecule has 25 heavy (non-hydrogen) atoms. The number of hydrogen-bond acceptors (Lipinski definition) is 3. The standard InChI is InChI=1S/C17H22BrN5O2/c1-12-6-7-13(18)11-14(12)20-16(24)19-8-4-10-23-17(25)22-9-3-2-5-15(22)21-23/h6-7,11H,2-5,8-10H2,1H3,(H2,19,20,24). The molecule has 0 aliphatic carbocycles. The maximum absolute atomic E-state index is 12.2. The largest absolute Gasteiger partial charge is 0.345 e. The number of nitrogens with one attached hydrogen (secondary N) is 2. The zero-order chi connectivity index (χ0) is 17.8. The molecule has 3 rings (SSSR count). The molecule has 1 aliphatic heterocycles. The van der Waals surface area contributed by atoms with Gasteiger partial charge in [0.1, 0.15) is 5.82 Å². The first-order chi connectivity index (χ1) is 12.0. The third-order valence-electron chi connectivity index (χ3n) is 4.31. The maximum Gasteiger partial charge on any atom is 0.345 e. The normalized spacial score (nSPS) is 13.4. The molecular weight excluding hydrogens is 386 g/mol. The Balaban J connectivity index is 1.47. The summed E-state index contributed by atoms with van der Waals surface area (Å²) in [6.45, 7) is 3.69. The summed E-state index contributed by atoms with van der Waals surface area (Å²) in [6, 6.07) is 5.48. The van der Waals surface area contributed by atoms with Crippen LogP contribution in [0.5, 0.6) is 0 Å². The van der Waals surface area contributed by atoms with Gasteiger partial charge in [0.05, 0.1) is 0 Å². The minimum atomic E-state index is -0.252. The second kappa shape index (κ2) is 7.86. The Labute approximate surface area is 154 Å². The van der Waals surface area contributed by atoms with E-state index in [9.17, 15) is 9.59 Å². The molecule has 1 aliphatic rings. The summed E-state index contributed by atoms with van der Waals surface area (Å²) in [7, 11) is 0. The molecular formula is C17H22BrN5O2. The van der Waals surface area contributed by atoms with Crippen LogP contribution in [0, 0.1) is 6.92 Å². The number of aromatic nitrogens is 3. The monoisotopic (exact) mass is 407 g/mol. The third kappa shape index (κ3) is 4.31. The lowest BCUT2D eigenvalue weighted by atomic mass is 10.2. The highest BCUT2D eigenvalue weighted by molar-refractivity contribution is 9.10. The zero-order valence-electron chi connectivity index (χ0n) is 14.2. The summed E-state index contributed by atoms with van der Waals surface area (Å²) in [5.41, 5.74) is 1.72. The van der Waals surface area contributed by atoms with Crippen LogP contribution in [0.25, 0.3) is 0 Å². The molecule has 0 unspecified atom stereocenters. The van der Waals surface area contributed by atoms with E-state index in [2.05, 4.69) is 31.7 Å². The highest BCUT2D eigenvalue weighted by atomic mass is 79.9. The highest BCUT2D eigenvalue weighted by Gasteiger charge is 2.16.